The lowest BCUT2D eigenvalue weighted by Crippen LogP contribution is -2.27. The van der Waals surface area contributed by atoms with E-state index in [9.17, 15) is 9.59 Å². The lowest BCUT2D eigenvalue weighted by Gasteiger charge is -2.12. The Kier molecular flexibility index (Phi) is 9.87. The zero-order chi connectivity index (χ0) is 20.2. The summed E-state index contributed by atoms with van der Waals surface area (Å²) in [6, 6.07) is 8.13. The first-order valence-electron chi connectivity index (χ1n) is 10.9. The van der Waals surface area contributed by atoms with Gasteiger partial charge in [-0.15, -0.1) is 0 Å². The maximum absolute atomic E-state index is 12.2. The number of hydrogen-bond donors (Lipinski definition) is 2. The molecule has 1 atom stereocenters. The average molecular weight is 389 g/mol. The lowest BCUT2D eigenvalue weighted by atomic mass is 10.0. The van der Waals surface area contributed by atoms with Crippen LogP contribution in [-0.2, 0) is 11.2 Å². The fraction of sp³-hybridized carbons (Fsp3) is 0.652. The van der Waals surface area contributed by atoms with Gasteiger partial charge in [0, 0.05) is 25.2 Å². The third kappa shape index (κ3) is 8.32. The molecular weight excluding hydrogens is 352 g/mol. The van der Waals surface area contributed by atoms with E-state index in [2.05, 4.69) is 24.4 Å². The molecule has 0 radical (unpaired) electrons. The summed E-state index contributed by atoms with van der Waals surface area (Å²) in [6.07, 6.45) is 12.0. The highest BCUT2D eigenvalue weighted by atomic mass is 16.4. The van der Waals surface area contributed by atoms with Crippen molar-refractivity contribution in [2.45, 2.75) is 77.6 Å². The number of hydrogen-bond acceptors (Lipinski definition) is 2. The van der Waals surface area contributed by atoms with Gasteiger partial charge in [0.15, 0.2) is 0 Å². The van der Waals surface area contributed by atoms with Crippen LogP contribution >= 0.6 is 0 Å². The summed E-state index contributed by atoms with van der Waals surface area (Å²) >= 11 is 0. The summed E-state index contributed by atoms with van der Waals surface area (Å²) in [5, 5.41) is 11.9. The number of unbranched alkanes of at least 4 members (excludes halogenated alkanes) is 7. The highest BCUT2D eigenvalue weighted by Gasteiger charge is 2.27. The van der Waals surface area contributed by atoms with E-state index in [0.717, 1.165) is 18.5 Å². The number of likely N-dealkylation sites (tertiary alicyclic amines) is 1. The number of amides is 2. The van der Waals surface area contributed by atoms with Gasteiger partial charge < -0.3 is 15.3 Å². The Morgan fingerprint density at radius 1 is 1.04 bits per heavy atom. The minimum Gasteiger partial charge on any atom is -0.465 e. The molecule has 1 aliphatic rings. The van der Waals surface area contributed by atoms with Crippen molar-refractivity contribution in [3.63, 3.8) is 0 Å². The van der Waals surface area contributed by atoms with Crippen molar-refractivity contribution >= 4 is 17.7 Å². The van der Waals surface area contributed by atoms with Crippen LogP contribution in [-0.4, -0.2) is 35.1 Å². The van der Waals surface area contributed by atoms with E-state index in [1.807, 2.05) is 12.1 Å². The van der Waals surface area contributed by atoms with Crippen molar-refractivity contribution in [3.05, 3.63) is 29.8 Å². The van der Waals surface area contributed by atoms with Crippen LogP contribution in [0.15, 0.2) is 24.3 Å². The molecule has 1 heterocycles. The second-order valence-corrected chi connectivity index (χ2v) is 8.06. The number of nitrogens with zero attached hydrogens (tertiary/aromatic N) is 1. The first kappa shape index (κ1) is 22.3. The molecule has 1 aromatic rings. The topological polar surface area (TPSA) is 69.6 Å². The fourth-order valence-corrected chi connectivity index (χ4v) is 3.86. The van der Waals surface area contributed by atoms with Gasteiger partial charge in [-0.2, -0.15) is 0 Å². The van der Waals surface area contributed by atoms with Gasteiger partial charge >= 0.3 is 6.09 Å². The van der Waals surface area contributed by atoms with Crippen molar-refractivity contribution in [1.82, 2.24) is 4.90 Å². The van der Waals surface area contributed by atoms with Crippen LogP contribution in [0.5, 0.6) is 0 Å². The second-order valence-electron chi connectivity index (χ2n) is 8.06. The molecule has 5 heteroatoms. The number of rotatable bonds is 12. The predicted molar refractivity (Wildman–Crippen MR) is 114 cm³/mol. The Morgan fingerprint density at radius 3 is 2.29 bits per heavy atom. The SMILES string of the molecule is CCCCCCCCCCc1ccc(NC(=O)C[C@@H]2CCN(C(=O)O)C2)cc1. The normalized spacial score (nSPS) is 16.3. The van der Waals surface area contributed by atoms with E-state index in [4.69, 9.17) is 5.11 Å². The highest BCUT2D eigenvalue weighted by molar-refractivity contribution is 5.90. The number of benzene rings is 1. The molecule has 0 aliphatic carbocycles. The van der Waals surface area contributed by atoms with Gasteiger partial charge in [-0.05, 0) is 42.9 Å². The number of carboxylic acid groups (broad SMARTS) is 1. The molecular formula is C23H36N2O3. The molecule has 1 aliphatic heterocycles. The molecule has 156 valence electrons. The smallest absolute Gasteiger partial charge is 0.407 e. The summed E-state index contributed by atoms with van der Waals surface area (Å²) in [5.74, 6) is 0.0883. The van der Waals surface area contributed by atoms with Gasteiger partial charge in [0.2, 0.25) is 5.91 Å². The van der Waals surface area contributed by atoms with Crippen LogP contribution in [0.3, 0.4) is 0 Å². The van der Waals surface area contributed by atoms with E-state index in [1.54, 1.807) is 0 Å². The molecule has 0 bridgehead atoms. The molecule has 28 heavy (non-hydrogen) atoms. The number of carbonyl (C=O) groups is 2. The van der Waals surface area contributed by atoms with Crippen molar-refractivity contribution in [2.75, 3.05) is 18.4 Å². The minimum atomic E-state index is -0.894. The number of nitrogens with one attached hydrogen (secondary N) is 1. The van der Waals surface area contributed by atoms with Crippen LogP contribution in [0.1, 0.15) is 76.7 Å². The lowest BCUT2D eigenvalue weighted by molar-refractivity contribution is -0.117. The van der Waals surface area contributed by atoms with Crippen LogP contribution in [0.2, 0.25) is 0 Å². The monoisotopic (exact) mass is 388 g/mol. The van der Waals surface area contributed by atoms with Gasteiger partial charge in [-0.25, -0.2) is 4.79 Å². The van der Waals surface area contributed by atoms with E-state index in [1.165, 1.54) is 61.8 Å². The minimum absolute atomic E-state index is 0.0342. The van der Waals surface area contributed by atoms with E-state index in [-0.39, 0.29) is 11.8 Å². The largest absolute Gasteiger partial charge is 0.465 e. The molecule has 0 saturated carbocycles. The fourth-order valence-electron chi connectivity index (χ4n) is 3.86. The number of anilines is 1. The molecule has 1 saturated heterocycles. The summed E-state index contributed by atoms with van der Waals surface area (Å²) in [6.45, 7) is 3.24. The highest BCUT2D eigenvalue weighted by Crippen LogP contribution is 2.21. The zero-order valence-electron chi connectivity index (χ0n) is 17.3. The predicted octanol–water partition coefficient (Wildman–Crippen LogP) is 5.70. The summed E-state index contributed by atoms with van der Waals surface area (Å²) in [4.78, 5) is 24.5. The summed E-state index contributed by atoms with van der Waals surface area (Å²) in [5.41, 5.74) is 2.13. The van der Waals surface area contributed by atoms with Crippen LogP contribution in [0.25, 0.3) is 0 Å². The Labute approximate surface area is 169 Å². The zero-order valence-corrected chi connectivity index (χ0v) is 17.3. The maximum Gasteiger partial charge on any atom is 0.407 e. The quantitative estimate of drug-likeness (QED) is 0.451. The van der Waals surface area contributed by atoms with Crippen molar-refractivity contribution in [2.24, 2.45) is 5.92 Å². The third-order valence-electron chi connectivity index (χ3n) is 5.59. The molecule has 2 N–H and O–H groups in total. The van der Waals surface area contributed by atoms with Crippen LogP contribution < -0.4 is 5.32 Å². The van der Waals surface area contributed by atoms with Crippen molar-refractivity contribution < 1.29 is 14.7 Å². The van der Waals surface area contributed by atoms with Gasteiger partial charge in [0.05, 0.1) is 0 Å². The van der Waals surface area contributed by atoms with Crippen molar-refractivity contribution in [3.8, 4) is 0 Å². The van der Waals surface area contributed by atoms with E-state index in [0.29, 0.717) is 19.5 Å². The molecule has 2 amide bonds. The van der Waals surface area contributed by atoms with Crippen LogP contribution in [0.4, 0.5) is 10.5 Å². The van der Waals surface area contributed by atoms with Gasteiger partial charge in [-0.1, -0.05) is 64.0 Å². The first-order chi connectivity index (χ1) is 13.6. The molecule has 5 nitrogen and oxygen atoms in total. The summed E-state index contributed by atoms with van der Waals surface area (Å²) in [7, 11) is 0. The Hall–Kier alpha value is -2.04. The Morgan fingerprint density at radius 2 is 1.68 bits per heavy atom. The number of carbonyl (C=O) groups excluding carboxylic acids is 1. The third-order valence-corrected chi connectivity index (χ3v) is 5.59. The standard InChI is InChI=1S/C23H36N2O3/c1-2-3-4-5-6-7-8-9-10-19-11-13-21(14-12-19)24-22(26)17-20-15-16-25(18-20)23(27)28/h11-14,20H,2-10,15-18H2,1H3,(H,24,26)(H,27,28)/t20-/m0/s1. The molecule has 0 aromatic heterocycles. The average Bonchev–Trinajstić information content (AvgIpc) is 3.14. The van der Waals surface area contributed by atoms with Gasteiger partial charge in [-0.3, -0.25) is 4.79 Å². The molecule has 1 fully saturated rings. The van der Waals surface area contributed by atoms with E-state index >= 15 is 0 Å². The molecule has 0 spiro atoms. The maximum atomic E-state index is 12.2. The number of aryl methyl sites for hydroxylation is 1. The van der Waals surface area contributed by atoms with Gasteiger partial charge in [0.1, 0.15) is 0 Å². The molecule has 1 aromatic carbocycles. The Bertz CT molecular complexity index is 600. The van der Waals surface area contributed by atoms with Crippen LogP contribution in [0, 0.1) is 5.92 Å². The second kappa shape index (κ2) is 12.4. The van der Waals surface area contributed by atoms with Gasteiger partial charge in [0.25, 0.3) is 0 Å². The van der Waals surface area contributed by atoms with Crippen molar-refractivity contribution in [1.29, 1.82) is 0 Å². The Balaban J connectivity index is 1.60. The first-order valence-corrected chi connectivity index (χ1v) is 10.9. The van der Waals surface area contributed by atoms with E-state index < -0.39 is 6.09 Å². The summed E-state index contributed by atoms with van der Waals surface area (Å²) < 4.78 is 0. The molecule has 0 unspecified atom stereocenters. The molecule has 2 rings (SSSR count).